The number of hydrogen-bond acceptors (Lipinski definition) is 4. The van der Waals surface area contributed by atoms with Gasteiger partial charge in [-0.2, -0.15) is 0 Å². The number of furan rings is 1. The molecule has 0 aliphatic heterocycles. The first-order chi connectivity index (χ1) is 10.7. The van der Waals surface area contributed by atoms with Crippen LogP contribution in [0.1, 0.15) is 40.8 Å². The molecule has 5 nitrogen and oxygen atoms in total. The van der Waals surface area contributed by atoms with Crippen LogP contribution in [0.15, 0.2) is 39.3 Å². The summed E-state index contributed by atoms with van der Waals surface area (Å²) in [5.74, 6) is 0.532. The SMILES string of the molecule is O=C(NCc1cc(C2CC2)on1)c1cc2cccc(F)c2o1. The Balaban J connectivity index is 1.47. The second kappa shape index (κ2) is 4.98. The Labute approximate surface area is 125 Å². The van der Waals surface area contributed by atoms with Gasteiger partial charge in [0, 0.05) is 17.4 Å². The molecule has 3 aromatic rings. The number of carbonyl (C=O) groups excluding carboxylic acids is 1. The summed E-state index contributed by atoms with van der Waals surface area (Å²) in [7, 11) is 0. The highest BCUT2D eigenvalue weighted by Crippen LogP contribution is 2.40. The Morgan fingerprint density at radius 2 is 2.23 bits per heavy atom. The van der Waals surface area contributed by atoms with Crippen LogP contribution in [0, 0.1) is 5.82 Å². The summed E-state index contributed by atoms with van der Waals surface area (Å²) in [5, 5.41) is 7.17. The van der Waals surface area contributed by atoms with Crippen LogP contribution >= 0.6 is 0 Å². The quantitative estimate of drug-likeness (QED) is 0.802. The maximum atomic E-state index is 13.6. The number of benzene rings is 1. The lowest BCUT2D eigenvalue weighted by Gasteiger charge is -1.98. The van der Waals surface area contributed by atoms with Gasteiger partial charge < -0.3 is 14.3 Å². The molecular formula is C16H13FN2O3. The highest BCUT2D eigenvalue weighted by atomic mass is 19.1. The minimum Gasteiger partial charge on any atom is -0.448 e. The fourth-order valence-electron chi connectivity index (χ4n) is 2.37. The Morgan fingerprint density at radius 3 is 3.00 bits per heavy atom. The molecule has 1 aliphatic carbocycles. The molecule has 0 bridgehead atoms. The molecule has 1 N–H and O–H groups in total. The minimum atomic E-state index is -0.484. The number of para-hydroxylation sites is 1. The van der Waals surface area contributed by atoms with Gasteiger partial charge in [-0.25, -0.2) is 4.39 Å². The topological polar surface area (TPSA) is 68.3 Å². The molecule has 0 saturated heterocycles. The van der Waals surface area contributed by atoms with E-state index in [-0.39, 0.29) is 17.9 Å². The highest BCUT2D eigenvalue weighted by molar-refractivity contribution is 5.96. The number of fused-ring (bicyclic) bond motifs is 1. The second-order valence-electron chi connectivity index (χ2n) is 5.45. The Morgan fingerprint density at radius 1 is 1.36 bits per heavy atom. The van der Waals surface area contributed by atoms with E-state index in [2.05, 4.69) is 10.5 Å². The van der Waals surface area contributed by atoms with Gasteiger partial charge in [-0.3, -0.25) is 4.79 Å². The highest BCUT2D eigenvalue weighted by Gasteiger charge is 2.27. The van der Waals surface area contributed by atoms with Gasteiger partial charge in [0.05, 0.1) is 6.54 Å². The zero-order valence-electron chi connectivity index (χ0n) is 11.6. The number of nitrogens with zero attached hydrogens (tertiary/aromatic N) is 1. The van der Waals surface area contributed by atoms with Gasteiger partial charge in [0.15, 0.2) is 17.2 Å². The molecule has 1 saturated carbocycles. The molecule has 1 aromatic carbocycles. The normalized spacial score (nSPS) is 14.4. The van der Waals surface area contributed by atoms with E-state index < -0.39 is 11.7 Å². The average molecular weight is 300 g/mol. The van der Waals surface area contributed by atoms with E-state index in [0.29, 0.717) is 17.0 Å². The van der Waals surface area contributed by atoms with E-state index in [4.69, 9.17) is 8.94 Å². The number of aromatic nitrogens is 1. The molecule has 2 aromatic heterocycles. The standard InChI is InChI=1S/C16H13FN2O3/c17-12-3-1-2-10-6-14(21-15(10)12)16(20)18-8-11-7-13(22-19-11)9-4-5-9/h1-3,6-7,9H,4-5,8H2,(H,18,20). The minimum absolute atomic E-state index is 0.0750. The van der Waals surface area contributed by atoms with Gasteiger partial charge >= 0.3 is 0 Å². The molecule has 112 valence electrons. The molecular weight excluding hydrogens is 287 g/mol. The van der Waals surface area contributed by atoms with Gasteiger partial charge in [0.25, 0.3) is 5.91 Å². The van der Waals surface area contributed by atoms with Gasteiger partial charge in [0.1, 0.15) is 11.5 Å². The Hall–Kier alpha value is -2.63. The van der Waals surface area contributed by atoms with Gasteiger partial charge in [-0.05, 0) is 25.0 Å². The zero-order chi connectivity index (χ0) is 15.1. The molecule has 0 radical (unpaired) electrons. The van der Waals surface area contributed by atoms with E-state index in [1.165, 1.54) is 12.1 Å². The van der Waals surface area contributed by atoms with Crippen molar-refractivity contribution in [3.8, 4) is 0 Å². The molecule has 1 aliphatic rings. The van der Waals surface area contributed by atoms with Crippen molar-refractivity contribution in [3.05, 3.63) is 53.4 Å². The lowest BCUT2D eigenvalue weighted by atomic mass is 10.2. The predicted octanol–water partition coefficient (Wildman–Crippen LogP) is 3.37. The molecule has 1 amide bonds. The summed E-state index contributed by atoms with van der Waals surface area (Å²) >= 11 is 0. The third-order valence-corrected chi connectivity index (χ3v) is 3.71. The number of halogens is 1. The smallest absolute Gasteiger partial charge is 0.287 e. The van der Waals surface area contributed by atoms with Crippen LogP contribution < -0.4 is 5.32 Å². The lowest BCUT2D eigenvalue weighted by molar-refractivity contribution is 0.0924. The zero-order valence-corrected chi connectivity index (χ0v) is 11.6. The maximum absolute atomic E-state index is 13.6. The maximum Gasteiger partial charge on any atom is 0.287 e. The number of hydrogen-bond donors (Lipinski definition) is 1. The molecule has 0 unspecified atom stereocenters. The Kier molecular flexibility index (Phi) is 2.96. The summed E-state index contributed by atoms with van der Waals surface area (Å²) < 4.78 is 24.0. The number of rotatable bonds is 4. The van der Waals surface area contributed by atoms with Crippen LogP contribution in [0.2, 0.25) is 0 Å². The first-order valence-corrected chi connectivity index (χ1v) is 7.12. The van der Waals surface area contributed by atoms with Crippen molar-refractivity contribution in [1.29, 1.82) is 0 Å². The van der Waals surface area contributed by atoms with Crippen molar-refractivity contribution < 1.29 is 18.1 Å². The van der Waals surface area contributed by atoms with E-state index >= 15 is 0 Å². The summed E-state index contributed by atoms with van der Waals surface area (Å²) in [4.78, 5) is 12.1. The van der Waals surface area contributed by atoms with Gasteiger partial charge in [-0.15, -0.1) is 0 Å². The molecule has 2 heterocycles. The fourth-order valence-corrected chi connectivity index (χ4v) is 2.37. The van der Waals surface area contributed by atoms with E-state index in [1.54, 1.807) is 12.1 Å². The number of amides is 1. The van der Waals surface area contributed by atoms with Crippen LogP contribution in [-0.4, -0.2) is 11.1 Å². The molecule has 0 atom stereocenters. The lowest BCUT2D eigenvalue weighted by Crippen LogP contribution is -2.22. The summed E-state index contributed by atoms with van der Waals surface area (Å²) in [6.45, 7) is 0.245. The number of nitrogens with one attached hydrogen (secondary N) is 1. The monoisotopic (exact) mass is 300 g/mol. The molecule has 4 rings (SSSR count). The second-order valence-corrected chi connectivity index (χ2v) is 5.45. The molecule has 6 heteroatoms. The molecule has 0 spiro atoms. The van der Waals surface area contributed by atoms with Crippen molar-refractivity contribution in [2.75, 3.05) is 0 Å². The Bertz CT molecular complexity index is 848. The first kappa shape index (κ1) is 13.1. The van der Waals surface area contributed by atoms with Crippen LogP contribution in [0.4, 0.5) is 4.39 Å². The van der Waals surface area contributed by atoms with Gasteiger partial charge in [-0.1, -0.05) is 17.3 Å². The van der Waals surface area contributed by atoms with Crippen molar-refractivity contribution in [1.82, 2.24) is 10.5 Å². The van der Waals surface area contributed by atoms with Crippen molar-refractivity contribution in [2.45, 2.75) is 25.3 Å². The fraction of sp³-hybridized carbons (Fsp3) is 0.250. The summed E-state index contributed by atoms with van der Waals surface area (Å²) in [5.41, 5.74) is 0.752. The first-order valence-electron chi connectivity index (χ1n) is 7.12. The van der Waals surface area contributed by atoms with Crippen LogP contribution in [0.3, 0.4) is 0 Å². The average Bonchev–Trinajstić information content (AvgIpc) is 3.09. The van der Waals surface area contributed by atoms with Crippen molar-refractivity contribution >= 4 is 16.9 Å². The largest absolute Gasteiger partial charge is 0.448 e. The third-order valence-electron chi connectivity index (χ3n) is 3.71. The van der Waals surface area contributed by atoms with Crippen molar-refractivity contribution in [2.24, 2.45) is 0 Å². The van der Waals surface area contributed by atoms with Crippen molar-refractivity contribution in [3.63, 3.8) is 0 Å². The number of carbonyl (C=O) groups is 1. The van der Waals surface area contributed by atoms with Gasteiger partial charge in [0.2, 0.25) is 0 Å². The molecule has 1 fully saturated rings. The van der Waals surface area contributed by atoms with Crippen LogP contribution in [-0.2, 0) is 6.54 Å². The summed E-state index contributed by atoms with van der Waals surface area (Å²) in [6, 6.07) is 7.94. The third kappa shape index (κ3) is 2.36. The van der Waals surface area contributed by atoms with Crippen LogP contribution in [0.25, 0.3) is 11.0 Å². The van der Waals surface area contributed by atoms with E-state index in [0.717, 1.165) is 18.6 Å². The summed E-state index contributed by atoms with van der Waals surface area (Å²) in [6.07, 6.45) is 2.26. The van der Waals surface area contributed by atoms with E-state index in [1.807, 2.05) is 6.07 Å². The van der Waals surface area contributed by atoms with Crippen LogP contribution in [0.5, 0.6) is 0 Å². The molecule has 22 heavy (non-hydrogen) atoms. The predicted molar refractivity (Wildman–Crippen MR) is 75.8 cm³/mol. The van der Waals surface area contributed by atoms with E-state index in [9.17, 15) is 9.18 Å².